The number of carboxylic acid groups (broad SMARTS) is 1. The first-order valence-electron chi connectivity index (χ1n) is 8.76. The Kier molecular flexibility index (Phi) is 8.17. The highest BCUT2D eigenvalue weighted by molar-refractivity contribution is 6.30. The molecular weight excluding hydrogens is 370 g/mol. The summed E-state index contributed by atoms with van der Waals surface area (Å²) in [6, 6.07) is 7.46. The Morgan fingerprint density at radius 2 is 2.41 bits per heavy atom. The molecule has 27 heavy (non-hydrogen) atoms. The number of ether oxygens (including phenoxy) is 1. The maximum absolute atomic E-state index is 11.4. The summed E-state index contributed by atoms with van der Waals surface area (Å²) in [6.07, 6.45) is 2.32. The molecule has 1 aromatic carbocycles. The number of likely N-dealkylation sites (tertiary alicyclic amines) is 1. The van der Waals surface area contributed by atoms with E-state index in [1.807, 2.05) is 24.4 Å². The maximum Gasteiger partial charge on any atom is 0.407 e. The first-order chi connectivity index (χ1) is 13.0. The van der Waals surface area contributed by atoms with Crippen molar-refractivity contribution in [1.82, 2.24) is 15.5 Å². The van der Waals surface area contributed by atoms with E-state index in [9.17, 15) is 9.90 Å². The van der Waals surface area contributed by atoms with Crippen molar-refractivity contribution < 1.29 is 14.6 Å². The van der Waals surface area contributed by atoms with E-state index in [2.05, 4.69) is 15.6 Å². The van der Waals surface area contributed by atoms with Crippen LogP contribution in [0.3, 0.4) is 0 Å². The van der Waals surface area contributed by atoms with Crippen LogP contribution in [-0.4, -0.2) is 55.3 Å². The molecule has 1 aromatic rings. The van der Waals surface area contributed by atoms with Gasteiger partial charge in [0, 0.05) is 37.6 Å². The number of rotatable bonds is 6. The van der Waals surface area contributed by atoms with E-state index in [1.54, 1.807) is 13.1 Å². The number of nitrogens with zero attached hydrogens (tertiary/aromatic N) is 3. The Morgan fingerprint density at radius 3 is 3.07 bits per heavy atom. The Hall–Kier alpha value is -2.50. The summed E-state index contributed by atoms with van der Waals surface area (Å²) in [6.45, 7) is 1.80. The van der Waals surface area contributed by atoms with Crippen molar-refractivity contribution in [2.45, 2.75) is 18.9 Å². The number of amides is 1. The average molecular weight is 394 g/mol. The van der Waals surface area contributed by atoms with Gasteiger partial charge in [-0.15, -0.1) is 0 Å². The zero-order valence-electron chi connectivity index (χ0n) is 15.2. The lowest BCUT2D eigenvalue weighted by Crippen LogP contribution is -2.42. The topological polar surface area (TPSA) is 110 Å². The van der Waals surface area contributed by atoms with Crippen molar-refractivity contribution in [3.05, 3.63) is 34.9 Å². The number of benzene rings is 1. The minimum Gasteiger partial charge on any atom is -0.465 e. The van der Waals surface area contributed by atoms with E-state index >= 15 is 0 Å². The van der Waals surface area contributed by atoms with Crippen LogP contribution in [-0.2, 0) is 4.74 Å². The van der Waals surface area contributed by atoms with Gasteiger partial charge in [-0.1, -0.05) is 23.7 Å². The maximum atomic E-state index is 11.4. The molecule has 2 atom stereocenters. The van der Waals surface area contributed by atoms with Gasteiger partial charge in [-0.2, -0.15) is 5.26 Å². The van der Waals surface area contributed by atoms with Gasteiger partial charge in [0.05, 0.1) is 12.7 Å². The lowest BCUT2D eigenvalue weighted by molar-refractivity contribution is -0.0108. The van der Waals surface area contributed by atoms with Gasteiger partial charge in [0.25, 0.3) is 0 Å². The Bertz CT molecular complexity index is 706. The molecule has 1 aliphatic heterocycles. The van der Waals surface area contributed by atoms with Crippen LogP contribution in [0.4, 0.5) is 4.79 Å². The molecule has 1 amide bonds. The van der Waals surface area contributed by atoms with Crippen LogP contribution in [0, 0.1) is 17.4 Å². The summed E-state index contributed by atoms with van der Waals surface area (Å²) in [7, 11) is 1.57. The lowest BCUT2D eigenvalue weighted by Gasteiger charge is -2.35. The van der Waals surface area contributed by atoms with Crippen molar-refractivity contribution >= 4 is 23.7 Å². The van der Waals surface area contributed by atoms with Crippen molar-refractivity contribution in [2.24, 2.45) is 10.9 Å². The fourth-order valence-corrected chi connectivity index (χ4v) is 3.41. The van der Waals surface area contributed by atoms with Crippen molar-refractivity contribution in [1.29, 1.82) is 5.26 Å². The molecule has 146 valence electrons. The molecule has 8 nitrogen and oxygen atoms in total. The quantitative estimate of drug-likeness (QED) is 0.225. The third-order valence-corrected chi connectivity index (χ3v) is 4.66. The van der Waals surface area contributed by atoms with E-state index in [-0.39, 0.29) is 12.0 Å². The fraction of sp³-hybridized carbons (Fsp3) is 0.500. The standard InChI is InChI=1S/C18H24ClN5O3/c1-21-17(23-12-20)22-7-9-27-16(13-4-2-6-15(19)10-13)14-5-3-8-24(11-14)18(25)26/h2,4,6,10,14,16H,3,5,7-9,11H2,1H3,(H,25,26)(H2,21,22,23)/t14?,16-/m0/s1. The minimum atomic E-state index is -0.905. The number of hydrogen-bond acceptors (Lipinski definition) is 4. The van der Waals surface area contributed by atoms with Crippen LogP contribution >= 0.6 is 11.6 Å². The Balaban J connectivity index is 2.04. The monoisotopic (exact) mass is 393 g/mol. The van der Waals surface area contributed by atoms with E-state index in [1.165, 1.54) is 4.90 Å². The molecule has 2 rings (SSSR count). The van der Waals surface area contributed by atoms with Crippen LogP contribution in [0.2, 0.25) is 5.02 Å². The van der Waals surface area contributed by atoms with E-state index in [0.717, 1.165) is 18.4 Å². The second kappa shape index (κ2) is 10.6. The van der Waals surface area contributed by atoms with Crippen molar-refractivity contribution in [2.75, 3.05) is 33.3 Å². The molecule has 1 heterocycles. The molecule has 1 fully saturated rings. The summed E-state index contributed by atoms with van der Waals surface area (Å²) in [5.41, 5.74) is 0.930. The SMILES string of the molecule is CN=C(NC#N)NCCO[C@@H](c1cccc(Cl)c1)C1CCCN(C(=O)O)C1. The molecule has 0 aromatic heterocycles. The predicted molar refractivity (Wildman–Crippen MR) is 103 cm³/mol. The minimum absolute atomic E-state index is 0.0462. The summed E-state index contributed by atoms with van der Waals surface area (Å²) < 4.78 is 6.12. The van der Waals surface area contributed by atoms with E-state index in [4.69, 9.17) is 21.6 Å². The van der Waals surface area contributed by atoms with E-state index < -0.39 is 6.09 Å². The highest BCUT2D eigenvalue weighted by atomic mass is 35.5. The molecule has 3 N–H and O–H groups in total. The Morgan fingerprint density at radius 1 is 1.59 bits per heavy atom. The molecular formula is C18H24ClN5O3. The van der Waals surface area contributed by atoms with Crippen LogP contribution < -0.4 is 10.6 Å². The Labute approximate surface area is 163 Å². The van der Waals surface area contributed by atoms with Gasteiger partial charge in [-0.3, -0.25) is 10.3 Å². The number of carbonyl (C=O) groups is 1. The average Bonchev–Trinajstić information content (AvgIpc) is 2.67. The van der Waals surface area contributed by atoms with Crippen LogP contribution in [0.5, 0.6) is 0 Å². The highest BCUT2D eigenvalue weighted by Crippen LogP contribution is 2.33. The number of halogens is 1. The zero-order chi connectivity index (χ0) is 19.6. The number of piperidine rings is 1. The first kappa shape index (κ1) is 20.8. The van der Waals surface area contributed by atoms with E-state index in [0.29, 0.717) is 37.2 Å². The largest absolute Gasteiger partial charge is 0.465 e. The molecule has 1 unspecified atom stereocenters. The smallest absolute Gasteiger partial charge is 0.407 e. The molecule has 9 heteroatoms. The van der Waals surface area contributed by atoms with Crippen molar-refractivity contribution in [3.63, 3.8) is 0 Å². The predicted octanol–water partition coefficient (Wildman–Crippen LogP) is 2.43. The van der Waals surface area contributed by atoms with Gasteiger partial charge >= 0.3 is 6.09 Å². The normalized spacial score (nSPS) is 18.5. The van der Waals surface area contributed by atoms with Crippen LogP contribution in [0.1, 0.15) is 24.5 Å². The summed E-state index contributed by atoms with van der Waals surface area (Å²) >= 11 is 6.14. The molecule has 0 spiro atoms. The second-order valence-corrected chi connectivity index (χ2v) is 6.65. The third-order valence-electron chi connectivity index (χ3n) is 4.42. The van der Waals surface area contributed by atoms with Gasteiger partial charge in [-0.25, -0.2) is 4.79 Å². The van der Waals surface area contributed by atoms with Crippen molar-refractivity contribution in [3.8, 4) is 6.19 Å². The molecule has 0 bridgehead atoms. The number of nitrogens with one attached hydrogen (secondary N) is 2. The van der Waals surface area contributed by atoms with Crippen LogP contribution in [0.25, 0.3) is 0 Å². The van der Waals surface area contributed by atoms with Gasteiger partial charge in [0.15, 0.2) is 6.19 Å². The number of hydrogen-bond donors (Lipinski definition) is 3. The molecule has 0 saturated carbocycles. The fourth-order valence-electron chi connectivity index (χ4n) is 3.21. The lowest BCUT2D eigenvalue weighted by atomic mass is 9.88. The van der Waals surface area contributed by atoms with Gasteiger partial charge in [0.1, 0.15) is 0 Å². The molecule has 1 aliphatic rings. The van der Waals surface area contributed by atoms with Gasteiger partial charge in [0.2, 0.25) is 5.96 Å². The summed E-state index contributed by atoms with van der Waals surface area (Å²) in [5, 5.41) is 24.0. The highest BCUT2D eigenvalue weighted by Gasteiger charge is 2.31. The number of guanidine groups is 1. The first-order valence-corrected chi connectivity index (χ1v) is 9.13. The zero-order valence-corrected chi connectivity index (χ0v) is 15.9. The van der Waals surface area contributed by atoms with Gasteiger partial charge < -0.3 is 20.1 Å². The molecule has 0 radical (unpaired) electrons. The number of aliphatic imine (C=N–C) groups is 1. The third kappa shape index (κ3) is 6.31. The van der Waals surface area contributed by atoms with Gasteiger partial charge in [-0.05, 0) is 30.5 Å². The molecule has 0 aliphatic carbocycles. The van der Waals surface area contributed by atoms with Crippen LogP contribution in [0.15, 0.2) is 29.3 Å². The summed E-state index contributed by atoms with van der Waals surface area (Å²) in [4.78, 5) is 16.7. The summed E-state index contributed by atoms with van der Waals surface area (Å²) in [5.74, 6) is 0.417. The second-order valence-electron chi connectivity index (χ2n) is 6.21. The molecule has 1 saturated heterocycles. The number of nitriles is 1.